The van der Waals surface area contributed by atoms with Gasteiger partial charge in [-0.1, -0.05) is 0 Å². The van der Waals surface area contributed by atoms with Crippen LogP contribution in [-0.4, -0.2) is 26.6 Å². The maximum atomic E-state index is 13.1. The molecular formula is C18H14FN5O. The molecule has 0 fully saturated rings. The fraction of sp³-hybridized carbons (Fsp3) is 0.0556. The second kappa shape index (κ2) is 6.20. The van der Waals surface area contributed by atoms with Crippen LogP contribution in [0.5, 0.6) is 5.75 Å². The molecule has 0 aliphatic carbocycles. The van der Waals surface area contributed by atoms with Gasteiger partial charge in [0.1, 0.15) is 24.2 Å². The van der Waals surface area contributed by atoms with E-state index in [2.05, 4.69) is 20.3 Å². The summed E-state index contributed by atoms with van der Waals surface area (Å²) in [7, 11) is 1.62. The Bertz CT molecular complexity index is 1010. The van der Waals surface area contributed by atoms with Crippen molar-refractivity contribution in [3.8, 4) is 11.4 Å². The molecule has 2 aromatic heterocycles. The molecule has 0 aliphatic heterocycles. The SMILES string of the molecule is COc1ccc(Nc2ncnc3c2ncn3-c2ccc(F)cc2)cc1. The smallest absolute Gasteiger partial charge is 0.170 e. The molecule has 0 unspecified atom stereocenters. The van der Waals surface area contributed by atoms with Crippen LogP contribution in [0, 0.1) is 5.82 Å². The highest BCUT2D eigenvalue weighted by Gasteiger charge is 2.11. The maximum absolute atomic E-state index is 13.1. The molecule has 0 atom stereocenters. The number of benzene rings is 2. The van der Waals surface area contributed by atoms with Crippen LogP contribution in [0.25, 0.3) is 16.9 Å². The number of methoxy groups -OCH3 is 1. The van der Waals surface area contributed by atoms with E-state index in [0.29, 0.717) is 17.0 Å². The average molecular weight is 335 g/mol. The molecule has 0 bridgehead atoms. The van der Waals surface area contributed by atoms with Crippen LogP contribution in [0.4, 0.5) is 15.9 Å². The van der Waals surface area contributed by atoms with E-state index in [0.717, 1.165) is 17.1 Å². The Kier molecular flexibility index (Phi) is 3.74. The summed E-state index contributed by atoms with van der Waals surface area (Å²) in [5.41, 5.74) is 2.90. The first kappa shape index (κ1) is 15.1. The predicted molar refractivity (Wildman–Crippen MR) is 92.9 cm³/mol. The van der Waals surface area contributed by atoms with Gasteiger partial charge in [0.15, 0.2) is 17.0 Å². The number of ether oxygens (including phenoxy) is 1. The Balaban J connectivity index is 1.72. The summed E-state index contributed by atoms with van der Waals surface area (Å²) < 4.78 is 20.1. The van der Waals surface area contributed by atoms with Gasteiger partial charge in [-0.05, 0) is 48.5 Å². The van der Waals surface area contributed by atoms with Crippen molar-refractivity contribution in [2.75, 3.05) is 12.4 Å². The van der Waals surface area contributed by atoms with Crippen LogP contribution in [0.2, 0.25) is 0 Å². The minimum absolute atomic E-state index is 0.287. The predicted octanol–water partition coefficient (Wildman–Crippen LogP) is 3.71. The van der Waals surface area contributed by atoms with Crippen LogP contribution in [0.1, 0.15) is 0 Å². The van der Waals surface area contributed by atoms with Crippen LogP contribution in [0.15, 0.2) is 61.2 Å². The maximum Gasteiger partial charge on any atom is 0.170 e. The van der Waals surface area contributed by atoms with Gasteiger partial charge >= 0.3 is 0 Å². The highest BCUT2D eigenvalue weighted by atomic mass is 19.1. The van der Waals surface area contributed by atoms with Crippen molar-refractivity contribution >= 4 is 22.7 Å². The molecule has 6 nitrogen and oxygen atoms in total. The van der Waals surface area contributed by atoms with Gasteiger partial charge < -0.3 is 10.1 Å². The summed E-state index contributed by atoms with van der Waals surface area (Å²) in [5.74, 6) is 1.08. The van der Waals surface area contributed by atoms with Crippen molar-refractivity contribution in [1.29, 1.82) is 0 Å². The molecule has 4 aromatic rings. The van der Waals surface area contributed by atoms with E-state index >= 15 is 0 Å². The molecule has 2 heterocycles. The lowest BCUT2D eigenvalue weighted by molar-refractivity contribution is 0.415. The quantitative estimate of drug-likeness (QED) is 0.616. The van der Waals surface area contributed by atoms with Gasteiger partial charge in [-0.3, -0.25) is 4.57 Å². The van der Waals surface area contributed by atoms with Gasteiger partial charge in [0.05, 0.1) is 7.11 Å². The molecule has 25 heavy (non-hydrogen) atoms. The van der Waals surface area contributed by atoms with Crippen molar-refractivity contribution in [3.63, 3.8) is 0 Å². The summed E-state index contributed by atoms with van der Waals surface area (Å²) in [5, 5.41) is 3.23. The van der Waals surface area contributed by atoms with E-state index in [1.54, 1.807) is 30.1 Å². The second-order valence-electron chi connectivity index (χ2n) is 5.34. The fourth-order valence-electron chi connectivity index (χ4n) is 2.53. The molecule has 4 rings (SSSR count). The highest BCUT2D eigenvalue weighted by molar-refractivity contribution is 5.86. The Morgan fingerprint density at radius 3 is 2.44 bits per heavy atom. The van der Waals surface area contributed by atoms with Gasteiger partial charge in [0.25, 0.3) is 0 Å². The molecule has 2 aromatic carbocycles. The number of fused-ring (bicyclic) bond motifs is 1. The van der Waals surface area contributed by atoms with Crippen molar-refractivity contribution in [2.24, 2.45) is 0 Å². The molecule has 0 radical (unpaired) electrons. The van der Waals surface area contributed by atoms with Crippen molar-refractivity contribution in [1.82, 2.24) is 19.5 Å². The summed E-state index contributed by atoms with van der Waals surface area (Å²) in [6.45, 7) is 0. The summed E-state index contributed by atoms with van der Waals surface area (Å²) in [4.78, 5) is 13.0. The van der Waals surface area contributed by atoms with Crippen molar-refractivity contribution in [3.05, 3.63) is 67.0 Å². The third-order valence-corrected chi connectivity index (χ3v) is 3.79. The fourth-order valence-corrected chi connectivity index (χ4v) is 2.53. The normalized spacial score (nSPS) is 10.8. The highest BCUT2D eigenvalue weighted by Crippen LogP contribution is 2.25. The first-order chi connectivity index (χ1) is 12.2. The van der Waals surface area contributed by atoms with Crippen LogP contribution in [0.3, 0.4) is 0 Å². The Hall–Kier alpha value is -3.48. The van der Waals surface area contributed by atoms with E-state index in [1.165, 1.54) is 18.5 Å². The number of halogens is 1. The van der Waals surface area contributed by atoms with Crippen LogP contribution >= 0.6 is 0 Å². The minimum atomic E-state index is -0.287. The molecule has 0 saturated heterocycles. The zero-order chi connectivity index (χ0) is 17.2. The summed E-state index contributed by atoms with van der Waals surface area (Å²) in [6, 6.07) is 13.7. The Morgan fingerprint density at radius 1 is 0.960 bits per heavy atom. The first-order valence-corrected chi connectivity index (χ1v) is 7.59. The molecule has 0 saturated carbocycles. The van der Waals surface area contributed by atoms with E-state index in [1.807, 2.05) is 24.3 Å². The number of imidazole rings is 1. The van der Waals surface area contributed by atoms with Crippen LogP contribution in [-0.2, 0) is 0 Å². The molecule has 7 heteroatoms. The van der Waals surface area contributed by atoms with E-state index in [9.17, 15) is 4.39 Å². The lowest BCUT2D eigenvalue weighted by Crippen LogP contribution is -1.98. The first-order valence-electron chi connectivity index (χ1n) is 7.59. The number of aromatic nitrogens is 4. The topological polar surface area (TPSA) is 64.9 Å². The van der Waals surface area contributed by atoms with Crippen molar-refractivity contribution in [2.45, 2.75) is 0 Å². The Labute approximate surface area is 142 Å². The van der Waals surface area contributed by atoms with Gasteiger partial charge in [-0.15, -0.1) is 0 Å². The zero-order valence-corrected chi connectivity index (χ0v) is 13.3. The van der Waals surface area contributed by atoms with Gasteiger partial charge in [-0.2, -0.15) is 0 Å². The minimum Gasteiger partial charge on any atom is -0.497 e. The third kappa shape index (κ3) is 2.87. The molecule has 0 spiro atoms. The number of hydrogen-bond acceptors (Lipinski definition) is 5. The average Bonchev–Trinajstić information content (AvgIpc) is 3.08. The van der Waals surface area contributed by atoms with Gasteiger partial charge in [0, 0.05) is 11.4 Å². The van der Waals surface area contributed by atoms with E-state index in [-0.39, 0.29) is 5.82 Å². The number of anilines is 2. The Morgan fingerprint density at radius 2 is 1.72 bits per heavy atom. The molecule has 124 valence electrons. The zero-order valence-electron chi connectivity index (χ0n) is 13.3. The second-order valence-corrected chi connectivity index (χ2v) is 5.34. The van der Waals surface area contributed by atoms with E-state index in [4.69, 9.17) is 4.74 Å². The summed E-state index contributed by atoms with van der Waals surface area (Å²) in [6.07, 6.45) is 3.11. The number of hydrogen-bond donors (Lipinski definition) is 1. The van der Waals surface area contributed by atoms with Gasteiger partial charge in [0.2, 0.25) is 0 Å². The largest absolute Gasteiger partial charge is 0.497 e. The lowest BCUT2D eigenvalue weighted by atomic mass is 10.3. The van der Waals surface area contributed by atoms with Crippen LogP contribution < -0.4 is 10.1 Å². The third-order valence-electron chi connectivity index (χ3n) is 3.79. The number of nitrogens with zero attached hydrogens (tertiary/aromatic N) is 4. The molecular weight excluding hydrogens is 321 g/mol. The molecule has 0 amide bonds. The molecule has 0 aliphatic rings. The van der Waals surface area contributed by atoms with Gasteiger partial charge in [-0.25, -0.2) is 19.3 Å². The lowest BCUT2D eigenvalue weighted by Gasteiger charge is -2.07. The van der Waals surface area contributed by atoms with E-state index < -0.39 is 0 Å². The number of nitrogens with one attached hydrogen (secondary N) is 1. The molecule has 1 N–H and O–H groups in total. The van der Waals surface area contributed by atoms with Crippen molar-refractivity contribution < 1.29 is 9.13 Å². The standard InChI is InChI=1S/C18H14FN5O/c1-25-15-8-4-13(5-9-15)23-17-16-18(21-10-20-17)24(11-22-16)14-6-2-12(19)3-7-14/h2-11H,1H3,(H,20,21,23). The number of rotatable bonds is 4. The monoisotopic (exact) mass is 335 g/mol. The summed E-state index contributed by atoms with van der Waals surface area (Å²) >= 11 is 0.